The van der Waals surface area contributed by atoms with Crippen molar-refractivity contribution in [3.05, 3.63) is 23.9 Å². The van der Waals surface area contributed by atoms with Gasteiger partial charge in [0.1, 0.15) is 12.2 Å². The van der Waals surface area contributed by atoms with Crippen LogP contribution in [0.4, 0.5) is 13.2 Å². The van der Waals surface area contributed by atoms with E-state index < -0.39 is 23.2 Å². The number of aromatic nitrogens is 1. The zero-order valence-electron chi connectivity index (χ0n) is 15.7. The van der Waals surface area contributed by atoms with Crippen molar-refractivity contribution in [3.8, 4) is 5.88 Å². The third-order valence-corrected chi connectivity index (χ3v) is 4.98. The molecule has 0 radical (unpaired) electrons. The summed E-state index contributed by atoms with van der Waals surface area (Å²) in [5, 5.41) is 2.89. The van der Waals surface area contributed by atoms with Crippen LogP contribution in [-0.4, -0.2) is 46.6 Å². The van der Waals surface area contributed by atoms with E-state index in [-0.39, 0.29) is 18.6 Å². The molecule has 2 heterocycles. The van der Waals surface area contributed by atoms with Gasteiger partial charge in [-0.3, -0.25) is 9.69 Å². The molecule has 0 spiro atoms. The van der Waals surface area contributed by atoms with Crippen molar-refractivity contribution in [3.63, 3.8) is 0 Å². The molecule has 1 aromatic heterocycles. The third kappa shape index (κ3) is 5.34. The summed E-state index contributed by atoms with van der Waals surface area (Å²) in [4.78, 5) is 18.6. The van der Waals surface area contributed by atoms with Gasteiger partial charge in [0.2, 0.25) is 11.8 Å². The fraction of sp³-hybridized carbons (Fsp3) is 0.684. The van der Waals surface area contributed by atoms with Gasteiger partial charge < -0.3 is 10.1 Å². The molecular weight excluding hydrogens is 359 g/mol. The molecule has 1 amide bonds. The first-order chi connectivity index (χ1) is 12.7. The number of nitrogens with one attached hydrogen (secondary N) is 1. The summed E-state index contributed by atoms with van der Waals surface area (Å²) in [6, 6.07) is 3.05. The minimum atomic E-state index is -4.54. The van der Waals surface area contributed by atoms with Gasteiger partial charge in [-0.05, 0) is 58.2 Å². The molecule has 1 aliphatic carbocycles. The summed E-state index contributed by atoms with van der Waals surface area (Å²) >= 11 is 0. The first kappa shape index (κ1) is 19.9. The molecule has 2 aliphatic rings. The van der Waals surface area contributed by atoms with E-state index in [9.17, 15) is 18.0 Å². The first-order valence-corrected chi connectivity index (χ1v) is 9.37. The van der Waals surface area contributed by atoms with Crippen molar-refractivity contribution in [2.24, 2.45) is 0 Å². The number of carbonyl (C=O) groups excluding carboxylic acids is 1. The van der Waals surface area contributed by atoms with Crippen molar-refractivity contribution < 1.29 is 22.7 Å². The number of pyridine rings is 1. The fourth-order valence-electron chi connectivity index (χ4n) is 3.61. The number of rotatable bonds is 7. The Hall–Kier alpha value is -1.83. The summed E-state index contributed by atoms with van der Waals surface area (Å²) in [5.41, 5.74) is -1.72. The number of likely N-dealkylation sites (tertiary alicyclic amines) is 1. The van der Waals surface area contributed by atoms with Crippen LogP contribution in [0.15, 0.2) is 18.3 Å². The van der Waals surface area contributed by atoms with Crippen LogP contribution in [0.2, 0.25) is 0 Å². The van der Waals surface area contributed by atoms with Gasteiger partial charge in [0.15, 0.2) is 0 Å². The van der Waals surface area contributed by atoms with Crippen LogP contribution in [0, 0.1) is 0 Å². The van der Waals surface area contributed by atoms with Gasteiger partial charge >= 0.3 is 6.18 Å². The molecule has 1 aromatic rings. The van der Waals surface area contributed by atoms with E-state index in [1.54, 1.807) is 13.8 Å². The summed E-state index contributed by atoms with van der Waals surface area (Å²) in [6.45, 7) is 4.41. The molecule has 0 bridgehead atoms. The van der Waals surface area contributed by atoms with Crippen LogP contribution >= 0.6 is 0 Å². The number of hydrogen-bond donors (Lipinski definition) is 1. The lowest BCUT2D eigenvalue weighted by atomic mass is 10.1. The smallest absolute Gasteiger partial charge is 0.421 e. The molecule has 0 aromatic carbocycles. The normalized spacial score (nSPS) is 21.3. The monoisotopic (exact) mass is 385 g/mol. The summed E-state index contributed by atoms with van der Waals surface area (Å²) < 4.78 is 44.4. The zero-order valence-corrected chi connectivity index (χ0v) is 15.7. The molecule has 27 heavy (non-hydrogen) atoms. The third-order valence-electron chi connectivity index (χ3n) is 4.98. The van der Waals surface area contributed by atoms with E-state index in [0.29, 0.717) is 12.5 Å². The van der Waals surface area contributed by atoms with Crippen molar-refractivity contribution >= 4 is 5.91 Å². The molecule has 2 fully saturated rings. The number of carbonyl (C=O) groups is 1. The van der Waals surface area contributed by atoms with E-state index in [0.717, 1.165) is 25.5 Å². The molecule has 8 heteroatoms. The average Bonchev–Trinajstić information content (AvgIpc) is 3.32. The number of hydrogen-bond acceptors (Lipinski definition) is 4. The molecular formula is C19H26F3N3O2. The number of amides is 1. The van der Waals surface area contributed by atoms with Gasteiger partial charge in [-0.25, -0.2) is 4.98 Å². The Morgan fingerprint density at radius 1 is 1.33 bits per heavy atom. The minimum absolute atomic E-state index is 0.0989. The summed E-state index contributed by atoms with van der Waals surface area (Å²) in [7, 11) is 0. The van der Waals surface area contributed by atoms with Crippen molar-refractivity contribution in [2.75, 3.05) is 13.2 Å². The molecule has 1 saturated heterocycles. The van der Waals surface area contributed by atoms with Gasteiger partial charge in [0.25, 0.3) is 0 Å². The van der Waals surface area contributed by atoms with E-state index in [2.05, 4.69) is 15.2 Å². The Labute approximate surface area is 157 Å². The lowest BCUT2D eigenvalue weighted by Crippen LogP contribution is -2.49. The topological polar surface area (TPSA) is 54.5 Å². The number of alkyl halides is 3. The predicted octanol–water partition coefficient (Wildman–Crippen LogP) is 3.39. The Morgan fingerprint density at radius 2 is 2.07 bits per heavy atom. The van der Waals surface area contributed by atoms with Crippen molar-refractivity contribution in [1.82, 2.24) is 15.2 Å². The van der Waals surface area contributed by atoms with Crippen LogP contribution in [0.25, 0.3) is 0 Å². The van der Waals surface area contributed by atoms with E-state index in [4.69, 9.17) is 4.74 Å². The lowest BCUT2D eigenvalue weighted by Gasteiger charge is -2.29. The SMILES string of the molecule is CC(C)(COc1ncccc1C(F)(F)F)NC(=O)C[C@H]1CCCN1C1CC1. The molecule has 5 nitrogen and oxygen atoms in total. The standard InChI is InChI=1S/C19H26F3N3O2/c1-18(2,12-27-17-15(19(20,21)22)6-3-9-23-17)24-16(26)11-14-5-4-10-25(14)13-7-8-13/h3,6,9,13-14H,4-5,7-8,10-12H2,1-2H3,(H,24,26)/t14-/m1/s1. The lowest BCUT2D eigenvalue weighted by molar-refractivity contribution is -0.139. The van der Waals surface area contributed by atoms with Gasteiger partial charge in [0.05, 0.1) is 5.54 Å². The number of halogens is 3. The second-order valence-electron chi connectivity index (χ2n) is 8.04. The Morgan fingerprint density at radius 3 is 2.74 bits per heavy atom. The zero-order chi connectivity index (χ0) is 19.7. The van der Waals surface area contributed by atoms with Crippen LogP contribution in [0.5, 0.6) is 5.88 Å². The maximum atomic E-state index is 13.0. The van der Waals surface area contributed by atoms with E-state index in [1.165, 1.54) is 25.1 Å². The van der Waals surface area contributed by atoms with Crippen LogP contribution in [0.1, 0.15) is 51.5 Å². The van der Waals surface area contributed by atoms with Crippen molar-refractivity contribution in [2.45, 2.75) is 69.8 Å². The molecule has 0 unspecified atom stereocenters. The number of ether oxygens (including phenoxy) is 1. The van der Waals surface area contributed by atoms with Gasteiger partial charge in [-0.2, -0.15) is 13.2 Å². The van der Waals surface area contributed by atoms with Gasteiger partial charge in [-0.1, -0.05) is 0 Å². The Kier molecular flexibility index (Phi) is 5.65. The molecule has 1 atom stereocenters. The highest BCUT2D eigenvalue weighted by Gasteiger charge is 2.38. The van der Waals surface area contributed by atoms with Crippen LogP contribution in [-0.2, 0) is 11.0 Å². The molecule has 150 valence electrons. The fourth-order valence-corrected chi connectivity index (χ4v) is 3.61. The summed E-state index contributed by atoms with van der Waals surface area (Å²) in [5.74, 6) is -0.568. The van der Waals surface area contributed by atoms with Crippen LogP contribution in [0.3, 0.4) is 0 Å². The van der Waals surface area contributed by atoms with Crippen molar-refractivity contribution in [1.29, 1.82) is 0 Å². The highest BCUT2D eigenvalue weighted by Crippen LogP contribution is 2.35. The highest BCUT2D eigenvalue weighted by molar-refractivity contribution is 5.77. The largest absolute Gasteiger partial charge is 0.475 e. The highest BCUT2D eigenvalue weighted by atomic mass is 19.4. The number of nitrogens with zero attached hydrogens (tertiary/aromatic N) is 2. The molecule has 1 saturated carbocycles. The van der Waals surface area contributed by atoms with Crippen LogP contribution < -0.4 is 10.1 Å². The Bertz CT molecular complexity index is 674. The second-order valence-corrected chi connectivity index (χ2v) is 8.04. The maximum Gasteiger partial charge on any atom is 0.421 e. The maximum absolute atomic E-state index is 13.0. The average molecular weight is 385 g/mol. The quantitative estimate of drug-likeness (QED) is 0.782. The van der Waals surface area contributed by atoms with Gasteiger partial charge in [0, 0.05) is 24.7 Å². The van der Waals surface area contributed by atoms with E-state index in [1.807, 2.05) is 0 Å². The van der Waals surface area contributed by atoms with Gasteiger partial charge in [-0.15, -0.1) is 0 Å². The minimum Gasteiger partial charge on any atom is -0.475 e. The molecule has 1 N–H and O–H groups in total. The first-order valence-electron chi connectivity index (χ1n) is 9.37. The Balaban J connectivity index is 1.53. The second kappa shape index (κ2) is 7.66. The summed E-state index contributed by atoms with van der Waals surface area (Å²) in [6.07, 6.45) is 1.68. The van der Waals surface area contributed by atoms with E-state index >= 15 is 0 Å². The predicted molar refractivity (Wildman–Crippen MR) is 94.3 cm³/mol. The molecule has 1 aliphatic heterocycles. The molecule has 3 rings (SSSR count).